The first-order valence-electron chi connectivity index (χ1n) is 6.64. The molecule has 0 N–H and O–H groups in total. The number of rotatable bonds is 4. The van der Waals surface area contributed by atoms with Crippen LogP contribution in [0.25, 0.3) is 17.0 Å². The lowest BCUT2D eigenvalue weighted by atomic mass is 10.1. The molecule has 110 valence electrons. The summed E-state index contributed by atoms with van der Waals surface area (Å²) in [6, 6.07) is 7.77. The van der Waals surface area contributed by atoms with Crippen molar-refractivity contribution in [3.05, 3.63) is 35.5 Å². The molecule has 0 aliphatic heterocycles. The molecule has 1 aliphatic carbocycles. The van der Waals surface area contributed by atoms with Crippen molar-refractivity contribution in [3.8, 4) is 11.3 Å². The van der Waals surface area contributed by atoms with E-state index in [9.17, 15) is 0 Å². The highest BCUT2D eigenvalue weighted by molar-refractivity contribution is 6.22. The van der Waals surface area contributed by atoms with Gasteiger partial charge in [0.15, 0.2) is 0 Å². The Morgan fingerprint density at radius 3 is 2.86 bits per heavy atom. The lowest BCUT2D eigenvalue weighted by molar-refractivity contribution is 0.0753. The van der Waals surface area contributed by atoms with Crippen LogP contribution in [0.4, 0.5) is 0 Å². The van der Waals surface area contributed by atoms with Gasteiger partial charge in [-0.2, -0.15) is 0 Å². The van der Waals surface area contributed by atoms with Gasteiger partial charge in [-0.1, -0.05) is 39.1 Å². The van der Waals surface area contributed by atoms with E-state index < -0.39 is 0 Å². The first-order chi connectivity index (χ1) is 10.9. The van der Waals surface area contributed by atoms with Crippen molar-refractivity contribution in [2.24, 2.45) is 5.16 Å². The standard InChI is InChI=1S/C13H11N7O2/c1-21-6-7-22-17-11-9-5-3-2-4-8(9)10-12(11)14-13-15-18-19-20(13)16-10/h2-5H,6-7H2,1H3. The van der Waals surface area contributed by atoms with E-state index in [2.05, 4.69) is 30.8 Å². The van der Waals surface area contributed by atoms with Gasteiger partial charge in [0.1, 0.15) is 23.7 Å². The van der Waals surface area contributed by atoms with Crippen LogP contribution in [0, 0.1) is 0 Å². The molecule has 0 unspecified atom stereocenters. The molecule has 1 aliphatic rings. The van der Waals surface area contributed by atoms with Gasteiger partial charge in [0.2, 0.25) is 0 Å². The topological polar surface area (TPSA) is 99.7 Å². The Kier molecular flexibility index (Phi) is 2.97. The fourth-order valence-electron chi connectivity index (χ4n) is 2.30. The van der Waals surface area contributed by atoms with E-state index >= 15 is 0 Å². The van der Waals surface area contributed by atoms with E-state index in [-0.39, 0.29) is 0 Å². The van der Waals surface area contributed by atoms with Crippen LogP contribution in [-0.2, 0) is 9.57 Å². The average Bonchev–Trinajstić information content (AvgIpc) is 3.12. The molecule has 0 atom stereocenters. The highest BCUT2D eigenvalue weighted by Gasteiger charge is 2.29. The molecule has 9 nitrogen and oxygen atoms in total. The van der Waals surface area contributed by atoms with E-state index in [4.69, 9.17) is 9.57 Å². The summed E-state index contributed by atoms with van der Waals surface area (Å²) in [4.78, 5) is 9.74. The third kappa shape index (κ3) is 1.91. The van der Waals surface area contributed by atoms with Gasteiger partial charge in [-0.15, -0.1) is 5.10 Å². The van der Waals surface area contributed by atoms with Gasteiger partial charge in [0.05, 0.1) is 6.61 Å². The predicted molar refractivity (Wildman–Crippen MR) is 75.3 cm³/mol. The molecule has 3 aromatic rings. The Morgan fingerprint density at radius 2 is 2.00 bits per heavy atom. The van der Waals surface area contributed by atoms with E-state index in [0.717, 1.165) is 11.1 Å². The van der Waals surface area contributed by atoms with Crippen LogP contribution in [0.3, 0.4) is 0 Å². The van der Waals surface area contributed by atoms with Crippen LogP contribution in [0.15, 0.2) is 29.4 Å². The molecule has 0 radical (unpaired) electrons. The Hall–Kier alpha value is -2.94. The quantitative estimate of drug-likeness (QED) is 0.395. The number of oxime groups is 1. The summed E-state index contributed by atoms with van der Waals surface area (Å²) >= 11 is 0. The van der Waals surface area contributed by atoms with Gasteiger partial charge < -0.3 is 9.57 Å². The van der Waals surface area contributed by atoms with Crippen molar-refractivity contribution in [1.82, 2.24) is 30.2 Å². The molecule has 0 amide bonds. The summed E-state index contributed by atoms with van der Waals surface area (Å²) in [5.74, 6) is 0.316. The zero-order valence-electron chi connectivity index (χ0n) is 11.7. The summed E-state index contributed by atoms with van der Waals surface area (Å²) in [5.41, 5.74) is 3.76. The van der Waals surface area contributed by atoms with Gasteiger partial charge in [-0.3, -0.25) is 0 Å². The predicted octanol–water partition coefficient (Wildman–Crippen LogP) is 0.310. The summed E-state index contributed by atoms with van der Waals surface area (Å²) in [6.45, 7) is 0.823. The van der Waals surface area contributed by atoms with Crippen LogP contribution in [-0.4, -0.2) is 56.3 Å². The van der Waals surface area contributed by atoms with E-state index in [1.54, 1.807) is 7.11 Å². The molecule has 0 fully saturated rings. The van der Waals surface area contributed by atoms with Crippen LogP contribution in [0.1, 0.15) is 11.3 Å². The molecule has 0 spiro atoms. The minimum absolute atomic E-state index is 0.316. The van der Waals surface area contributed by atoms with Crippen molar-refractivity contribution < 1.29 is 9.57 Å². The molecule has 9 heteroatoms. The Labute approximate surface area is 124 Å². The first kappa shape index (κ1) is 12.8. The third-order valence-electron chi connectivity index (χ3n) is 3.26. The molecule has 22 heavy (non-hydrogen) atoms. The van der Waals surface area contributed by atoms with Crippen molar-refractivity contribution in [2.45, 2.75) is 0 Å². The molecular formula is C13H11N7O2. The molecule has 4 rings (SSSR count). The molecule has 0 saturated heterocycles. The molecule has 1 aromatic carbocycles. The van der Waals surface area contributed by atoms with Crippen LogP contribution >= 0.6 is 0 Å². The van der Waals surface area contributed by atoms with E-state index in [1.807, 2.05) is 24.3 Å². The summed E-state index contributed by atoms with van der Waals surface area (Å²) in [6.07, 6.45) is 0. The Bertz CT molecular complexity index is 874. The van der Waals surface area contributed by atoms with Crippen LogP contribution < -0.4 is 0 Å². The number of ether oxygens (including phenoxy) is 1. The van der Waals surface area contributed by atoms with Crippen LogP contribution in [0.2, 0.25) is 0 Å². The second-order valence-electron chi connectivity index (χ2n) is 4.59. The molecule has 0 saturated carbocycles. The van der Waals surface area contributed by atoms with E-state index in [1.165, 1.54) is 4.63 Å². The summed E-state index contributed by atoms with van der Waals surface area (Å²) < 4.78 is 6.24. The first-order valence-corrected chi connectivity index (χ1v) is 6.64. The number of methoxy groups -OCH3 is 1. The zero-order chi connectivity index (χ0) is 14.9. The lowest BCUT2D eigenvalue weighted by Crippen LogP contribution is -2.07. The SMILES string of the molecule is COCCON=C1c2ccccc2-c2nn3nnnc3nc21. The number of aromatic nitrogens is 6. The second kappa shape index (κ2) is 5.11. The fourth-order valence-corrected chi connectivity index (χ4v) is 2.30. The van der Waals surface area contributed by atoms with Crippen molar-refractivity contribution in [1.29, 1.82) is 0 Å². The largest absolute Gasteiger partial charge is 0.393 e. The maximum atomic E-state index is 5.30. The highest BCUT2D eigenvalue weighted by atomic mass is 16.6. The summed E-state index contributed by atoms with van der Waals surface area (Å²) in [5, 5.41) is 19.7. The molecule has 2 aromatic heterocycles. The zero-order valence-corrected chi connectivity index (χ0v) is 11.7. The van der Waals surface area contributed by atoms with Crippen molar-refractivity contribution in [3.63, 3.8) is 0 Å². The molecule has 0 bridgehead atoms. The van der Waals surface area contributed by atoms with Crippen molar-refractivity contribution in [2.75, 3.05) is 20.3 Å². The van der Waals surface area contributed by atoms with Gasteiger partial charge >= 0.3 is 0 Å². The van der Waals surface area contributed by atoms with Gasteiger partial charge in [0.25, 0.3) is 5.78 Å². The molecular weight excluding hydrogens is 286 g/mol. The van der Waals surface area contributed by atoms with Crippen LogP contribution in [0.5, 0.6) is 0 Å². The average molecular weight is 297 g/mol. The second-order valence-corrected chi connectivity index (χ2v) is 4.59. The number of hydrogen-bond acceptors (Lipinski definition) is 8. The summed E-state index contributed by atoms with van der Waals surface area (Å²) in [7, 11) is 1.61. The fraction of sp³-hybridized carbons (Fsp3) is 0.231. The van der Waals surface area contributed by atoms with Gasteiger partial charge in [0, 0.05) is 18.2 Å². The minimum Gasteiger partial charge on any atom is -0.393 e. The monoisotopic (exact) mass is 297 g/mol. The normalized spacial score (nSPS) is 14.3. The Morgan fingerprint density at radius 1 is 1.14 bits per heavy atom. The smallest absolute Gasteiger partial charge is 0.292 e. The number of nitrogens with zero attached hydrogens (tertiary/aromatic N) is 7. The van der Waals surface area contributed by atoms with E-state index in [0.29, 0.717) is 36.1 Å². The maximum absolute atomic E-state index is 5.30. The Balaban J connectivity index is 1.85. The highest BCUT2D eigenvalue weighted by Crippen LogP contribution is 2.33. The number of fused-ring (bicyclic) bond motifs is 4. The third-order valence-corrected chi connectivity index (χ3v) is 3.26. The lowest BCUT2D eigenvalue weighted by Gasteiger charge is -2.01. The molecule has 2 heterocycles. The number of benzene rings is 1. The number of tetrazole rings is 1. The minimum atomic E-state index is 0.316. The maximum Gasteiger partial charge on any atom is 0.292 e. The van der Waals surface area contributed by atoms with Gasteiger partial charge in [-0.25, -0.2) is 4.98 Å². The van der Waals surface area contributed by atoms with Gasteiger partial charge in [-0.05, 0) is 10.4 Å². The van der Waals surface area contributed by atoms with Crippen molar-refractivity contribution >= 4 is 11.5 Å². The number of hydrogen-bond donors (Lipinski definition) is 0.